The summed E-state index contributed by atoms with van der Waals surface area (Å²) in [5.74, 6) is -0.186. The molecule has 1 aliphatic rings. The molecule has 1 aliphatic heterocycles. The van der Waals surface area contributed by atoms with Crippen molar-refractivity contribution in [2.75, 3.05) is 31.5 Å². The molecule has 2 aromatic carbocycles. The maximum Gasteiger partial charge on any atom is 0.255 e. The molecule has 2 heterocycles. The number of hydrogen-bond acceptors (Lipinski definition) is 5. The minimum Gasteiger partial charge on any atom is -0.321 e. The van der Waals surface area contributed by atoms with E-state index < -0.39 is 10.0 Å². The predicted octanol–water partition coefficient (Wildman–Crippen LogP) is 3.15. The van der Waals surface area contributed by atoms with Crippen molar-refractivity contribution >= 4 is 21.6 Å². The lowest BCUT2D eigenvalue weighted by Gasteiger charge is -2.34. The number of carbonyl (C=O) groups is 1. The lowest BCUT2D eigenvalue weighted by Crippen LogP contribution is -2.48. The van der Waals surface area contributed by atoms with Gasteiger partial charge < -0.3 is 5.32 Å². The smallest absolute Gasteiger partial charge is 0.255 e. The van der Waals surface area contributed by atoms with E-state index in [1.807, 2.05) is 37.3 Å². The highest BCUT2D eigenvalue weighted by atomic mass is 32.2. The van der Waals surface area contributed by atoms with Crippen LogP contribution in [0.3, 0.4) is 0 Å². The summed E-state index contributed by atoms with van der Waals surface area (Å²) in [5, 5.41) is 2.84. The number of nitrogens with zero attached hydrogens (tertiary/aromatic N) is 3. The molecule has 0 aliphatic carbocycles. The number of rotatable bonds is 6. The van der Waals surface area contributed by atoms with Crippen LogP contribution in [0.5, 0.6) is 0 Å². The standard InChI is InChI=1S/C24H26N4O3S/c1-19-7-9-23(10-8-19)32(30,31)28-14-12-27(13-15-28)18-20-4-2-5-21(16-20)24(29)26-22-6-3-11-25-17-22/h2-11,16-17H,12-15,18H2,1H3,(H,26,29). The van der Waals surface area contributed by atoms with Crippen LogP contribution in [0.4, 0.5) is 5.69 Å². The minimum atomic E-state index is -3.47. The zero-order valence-electron chi connectivity index (χ0n) is 17.9. The monoisotopic (exact) mass is 450 g/mol. The number of aryl methyl sites for hydroxylation is 1. The van der Waals surface area contributed by atoms with Crippen molar-refractivity contribution in [3.63, 3.8) is 0 Å². The Kier molecular flexibility index (Phi) is 6.64. The van der Waals surface area contributed by atoms with Gasteiger partial charge in [-0.15, -0.1) is 0 Å². The second-order valence-electron chi connectivity index (χ2n) is 7.89. The van der Waals surface area contributed by atoms with E-state index in [1.165, 1.54) is 0 Å². The van der Waals surface area contributed by atoms with Gasteiger partial charge in [-0.3, -0.25) is 14.7 Å². The molecule has 32 heavy (non-hydrogen) atoms. The van der Waals surface area contributed by atoms with Crippen LogP contribution >= 0.6 is 0 Å². The molecule has 8 heteroatoms. The highest BCUT2D eigenvalue weighted by molar-refractivity contribution is 7.89. The Morgan fingerprint density at radius 2 is 1.75 bits per heavy atom. The van der Waals surface area contributed by atoms with E-state index in [-0.39, 0.29) is 5.91 Å². The van der Waals surface area contributed by atoms with E-state index in [4.69, 9.17) is 0 Å². The number of pyridine rings is 1. The number of benzene rings is 2. The molecule has 1 saturated heterocycles. The van der Waals surface area contributed by atoms with Crippen LogP contribution in [0.1, 0.15) is 21.5 Å². The van der Waals surface area contributed by atoms with Gasteiger partial charge in [0.25, 0.3) is 5.91 Å². The molecule has 7 nitrogen and oxygen atoms in total. The van der Waals surface area contributed by atoms with Crippen LogP contribution in [-0.4, -0.2) is 54.7 Å². The Balaban J connectivity index is 1.36. The average Bonchev–Trinajstić information content (AvgIpc) is 2.80. The van der Waals surface area contributed by atoms with Crippen molar-refractivity contribution in [2.45, 2.75) is 18.4 Å². The normalized spacial score (nSPS) is 15.4. The van der Waals surface area contributed by atoms with Crippen LogP contribution in [0, 0.1) is 6.92 Å². The van der Waals surface area contributed by atoms with Crippen molar-refractivity contribution in [2.24, 2.45) is 0 Å². The zero-order valence-corrected chi connectivity index (χ0v) is 18.8. The highest BCUT2D eigenvalue weighted by Gasteiger charge is 2.28. The van der Waals surface area contributed by atoms with E-state index in [0.717, 1.165) is 11.1 Å². The summed E-state index contributed by atoms with van der Waals surface area (Å²) >= 11 is 0. The largest absolute Gasteiger partial charge is 0.321 e. The van der Waals surface area contributed by atoms with Crippen LogP contribution in [-0.2, 0) is 16.6 Å². The van der Waals surface area contributed by atoms with E-state index in [0.29, 0.717) is 48.9 Å². The minimum absolute atomic E-state index is 0.186. The molecule has 0 atom stereocenters. The summed E-state index contributed by atoms with van der Waals surface area (Å²) in [6.45, 7) is 4.75. The fraction of sp³-hybridized carbons (Fsp3) is 0.250. The van der Waals surface area contributed by atoms with E-state index in [1.54, 1.807) is 47.0 Å². The lowest BCUT2D eigenvalue weighted by atomic mass is 10.1. The summed E-state index contributed by atoms with van der Waals surface area (Å²) in [6.07, 6.45) is 3.26. The SMILES string of the molecule is Cc1ccc(S(=O)(=O)N2CCN(Cc3cccc(C(=O)Nc4cccnc4)c3)CC2)cc1. The van der Waals surface area contributed by atoms with Gasteiger partial charge in [0.1, 0.15) is 0 Å². The first-order chi connectivity index (χ1) is 15.4. The first kappa shape index (κ1) is 22.1. The van der Waals surface area contributed by atoms with E-state index in [9.17, 15) is 13.2 Å². The molecule has 0 spiro atoms. The number of hydrogen-bond donors (Lipinski definition) is 1. The first-order valence-electron chi connectivity index (χ1n) is 10.5. The van der Waals surface area contributed by atoms with Gasteiger partial charge in [-0.2, -0.15) is 4.31 Å². The van der Waals surface area contributed by atoms with Gasteiger partial charge in [-0.05, 0) is 48.9 Å². The number of anilines is 1. The molecule has 0 saturated carbocycles. The first-order valence-corrected chi connectivity index (χ1v) is 12.0. The van der Waals surface area contributed by atoms with Crippen molar-refractivity contribution in [3.8, 4) is 0 Å². The summed E-state index contributed by atoms with van der Waals surface area (Å²) in [5.41, 5.74) is 3.27. The van der Waals surface area contributed by atoms with E-state index in [2.05, 4.69) is 15.2 Å². The molecule has 1 N–H and O–H groups in total. The second-order valence-corrected chi connectivity index (χ2v) is 9.83. The number of sulfonamides is 1. The molecule has 0 bridgehead atoms. The van der Waals surface area contributed by atoms with Gasteiger partial charge in [-0.1, -0.05) is 29.8 Å². The van der Waals surface area contributed by atoms with Crippen LogP contribution < -0.4 is 5.32 Å². The predicted molar refractivity (Wildman–Crippen MR) is 124 cm³/mol. The molecule has 166 valence electrons. The van der Waals surface area contributed by atoms with Gasteiger partial charge in [0.15, 0.2) is 0 Å². The van der Waals surface area contributed by atoms with Gasteiger partial charge in [0.2, 0.25) is 10.0 Å². The molecular formula is C24H26N4O3S. The maximum atomic E-state index is 12.9. The molecule has 0 unspecified atom stereocenters. The summed E-state index contributed by atoms with van der Waals surface area (Å²) < 4.78 is 27.3. The Labute approximate surface area is 188 Å². The highest BCUT2D eigenvalue weighted by Crippen LogP contribution is 2.19. The number of nitrogens with one attached hydrogen (secondary N) is 1. The van der Waals surface area contributed by atoms with Gasteiger partial charge in [0.05, 0.1) is 16.8 Å². The molecule has 1 amide bonds. The molecule has 3 aromatic rings. The van der Waals surface area contributed by atoms with Crippen molar-refractivity contribution in [3.05, 3.63) is 89.7 Å². The molecule has 1 fully saturated rings. The topological polar surface area (TPSA) is 82.6 Å². The Bertz CT molecular complexity index is 1170. The van der Waals surface area contributed by atoms with Gasteiger partial charge >= 0.3 is 0 Å². The summed E-state index contributed by atoms with van der Waals surface area (Å²) in [6, 6.07) is 18.0. The number of carbonyl (C=O) groups excluding carboxylic acids is 1. The van der Waals surface area contributed by atoms with Crippen LogP contribution in [0.2, 0.25) is 0 Å². The quantitative estimate of drug-likeness (QED) is 0.624. The summed E-state index contributed by atoms with van der Waals surface area (Å²) in [7, 11) is -3.47. The molecule has 4 rings (SSSR count). The molecule has 1 aromatic heterocycles. The number of piperazine rings is 1. The average molecular weight is 451 g/mol. The van der Waals surface area contributed by atoms with Crippen LogP contribution in [0.25, 0.3) is 0 Å². The van der Waals surface area contributed by atoms with Crippen molar-refractivity contribution in [1.82, 2.24) is 14.2 Å². The Hall–Kier alpha value is -3.07. The Morgan fingerprint density at radius 1 is 1.00 bits per heavy atom. The number of amides is 1. The fourth-order valence-corrected chi connectivity index (χ4v) is 5.12. The molecule has 0 radical (unpaired) electrons. The van der Waals surface area contributed by atoms with Crippen molar-refractivity contribution < 1.29 is 13.2 Å². The summed E-state index contributed by atoms with van der Waals surface area (Å²) in [4.78, 5) is 19.1. The third-order valence-corrected chi connectivity index (χ3v) is 7.42. The fourth-order valence-electron chi connectivity index (χ4n) is 3.70. The second kappa shape index (κ2) is 9.60. The van der Waals surface area contributed by atoms with Gasteiger partial charge in [0, 0.05) is 44.5 Å². The van der Waals surface area contributed by atoms with Gasteiger partial charge in [-0.25, -0.2) is 8.42 Å². The number of aromatic nitrogens is 1. The van der Waals surface area contributed by atoms with E-state index >= 15 is 0 Å². The van der Waals surface area contributed by atoms with Crippen molar-refractivity contribution in [1.29, 1.82) is 0 Å². The zero-order chi connectivity index (χ0) is 22.6. The third kappa shape index (κ3) is 5.21. The third-order valence-electron chi connectivity index (χ3n) is 5.50. The lowest BCUT2D eigenvalue weighted by molar-refractivity contribution is 0.102. The Morgan fingerprint density at radius 3 is 2.44 bits per heavy atom. The molecular weight excluding hydrogens is 424 g/mol. The maximum absolute atomic E-state index is 12.9. The van der Waals surface area contributed by atoms with Crippen LogP contribution in [0.15, 0.2) is 78.0 Å².